The largest absolute Gasteiger partial charge is 0.489 e. The fourth-order valence-electron chi connectivity index (χ4n) is 2.93. The Hall–Kier alpha value is -3.45. The number of carboxylic acid groups (broad SMARTS) is 1. The molecule has 1 unspecified atom stereocenters. The predicted molar refractivity (Wildman–Crippen MR) is 111 cm³/mol. The fourth-order valence-corrected chi connectivity index (χ4v) is 3.10. The molecule has 0 aromatic heterocycles. The normalized spacial score (nSPS) is 11.6. The van der Waals surface area contributed by atoms with Gasteiger partial charge in [-0.2, -0.15) is 0 Å². The van der Waals surface area contributed by atoms with E-state index in [9.17, 15) is 18.4 Å². The zero-order valence-corrected chi connectivity index (χ0v) is 17.1. The summed E-state index contributed by atoms with van der Waals surface area (Å²) < 4.78 is 32.2. The predicted octanol–water partition coefficient (Wildman–Crippen LogP) is 5.39. The van der Waals surface area contributed by atoms with Crippen LogP contribution in [-0.4, -0.2) is 17.0 Å². The monoisotopic (exact) mass is 445 g/mol. The molecule has 160 valence electrons. The number of benzene rings is 3. The van der Waals surface area contributed by atoms with Crippen LogP contribution in [0.1, 0.15) is 44.8 Å². The second kappa shape index (κ2) is 9.57. The van der Waals surface area contributed by atoms with E-state index in [1.165, 1.54) is 18.2 Å². The topological polar surface area (TPSA) is 75.6 Å². The van der Waals surface area contributed by atoms with Crippen molar-refractivity contribution in [2.45, 2.75) is 19.6 Å². The van der Waals surface area contributed by atoms with Crippen LogP contribution in [0.3, 0.4) is 0 Å². The molecule has 2 N–H and O–H groups in total. The summed E-state index contributed by atoms with van der Waals surface area (Å²) in [5.74, 6) is -3.02. The standard InChI is InChI=1S/C23H18ClF2NO4/c1-13(14-2-4-15(5-3-14)23(29)30)27-22(28)21-8-17(24)7-6-16(21)12-31-20-10-18(25)9-19(26)11-20/h2-11,13H,12H2,1H3,(H,27,28)(H,29,30). The van der Waals surface area contributed by atoms with Gasteiger partial charge in [-0.3, -0.25) is 4.79 Å². The molecule has 0 aliphatic rings. The molecule has 0 spiro atoms. The molecule has 0 radical (unpaired) electrons. The van der Waals surface area contributed by atoms with Gasteiger partial charge in [0.25, 0.3) is 5.91 Å². The molecule has 3 aromatic rings. The highest BCUT2D eigenvalue weighted by Crippen LogP contribution is 2.22. The van der Waals surface area contributed by atoms with Gasteiger partial charge < -0.3 is 15.2 Å². The van der Waals surface area contributed by atoms with E-state index in [1.807, 2.05) is 0 Å². The molecule has 1 atom stereocenters. The first kappa shape index (κ1) is 22.2. The lowest BCUT2D eigenvalue weighted by atomic mass is 10.0. The van der Waals surface area contributed by atoms with Gasteiger partial charge in [-0.25, -0.2) is 13.6 Å². The molecule has 3 rings (SSSR count). The Bertz CT molecular complexity index is 1100. The molecule has 0 aliphatic heterocycles. The van der Waals surface area contributed by atoms with E-state index in [0.29, 0.717) is 16.1 Å². The van der Waals surface area contributed by atoms with E-state index in [0.717, 1.165) is 18.2 Å². The highest BCUT2D eigenvalue weighted by atomic mass is 35.5. The van der Waals surface area contributed by atoms with Crippen molar-refractivity contribution in [3.63, 3.8) is 0 Å². The molecule has 0 fully saturated rings. The Morgan fingerprint density at radius 2 is 1.68 bits per heavy atom. The number of carboxylic acids is 1. The lowest BCUT2D eigenvalue weighted by molar-refractivity contribution is 0.0696. The zero-order chi connectivity index (χ0) is 22.5. The summed E-state index contributed by atoms with van der Waals surface area (Å²) >= 11 is 6.04. The summed E-state index contributed by atoms with van der Waals surface area (Å²) in [6, 6.07) is 13.2. The van der Waals surface area contributed by atoms with E-state index in [4.69, 9.17) is 21.4 Å². The molecule has 0 heterocycles. The summed E-state index contributed by atoms with van der Waals surface area (Å²) in [6.45, 7) is 1.65. The summed E-state index contributed by atoms with van der Waals surface area (Å²) in [7, 11) is 0. The van der Waals surface area contributed by atoms with Crippen molar-refractivity contribution < 1.29 is 28.2 Å². The number of hydrogen-bond donors (Lipinski definition) is 2. The van der Waals surface area contributed by atoms with E-state index < -0.39 is 29.6 Å². The van der Waals surface area contributed by atoms with Gasteiger partial charge in [-0.1, -0.05) is 29.8 Å². The molecule has 1 amide bonds. The summed E-state index contributed by atoms with van der Waals surface area (Å²) in [5.41, 5.74) is 1.58. The lowest BCUT2D eigenvalue weighted by Crippen LogP contribution is -2.27. The number of hydrogen-bond acceptors (Lipinski definition) is 3. The van der Waals surface area contributed by atoms with Gasteiger partial charge in [-0.15, -0.1) is 0 Å². The minimum Gasteiger partial charge on any atom is -0.489 e. The van der Waals surface area contributed by atoms with Gasteiger partial charge in [0.2, 0.25) is 0 Å². The molecule has 3 aromatic carbocycles. The number of halogens is 3. The summed E-state index contributed by atoms with van der Waals surface area (Å²) in [6.07, 6.45) is 0. The molecular formula is C23H18ClF2NO4. The molecule has 31 heavy (non-hydrogen) atoms. The number of carbonyl (C=O) groups excluding carboxylic acids is 1. The molecule has 0 saturated carbocycles. The highest BCUT2D eigenvalue weighted by molar-refractivity contribution is 6.31. The van der Waals surface area contributed by atoms with E-state index in [2.05, 4.69) is 5.32 Å². The molecule has 8 heteroatoms. The van der Waals surface area contributed by atoms with Crippen LogP contribution in [0, 0.1) is 11.6 Å². The first-order valence-electron chi connectivity index (χ1n) is 9.24. The molecule has 0 bridgehead atoms. The quantitative estimate of drug-likeness (QED) is 0.511. The average molecular weight is 446 g/mol. The van der Waals surface area contributed by atoms with E-state index in [-0.39, 0.29) is 23.5 Å². The maximum Gasteiger partial charge on any atom is 0.335 e. The fraction of sp³-hybridized carbons (Fsp3) is 0.130. The van der Waals surface area contributed by atoms with Crippen molar-refractivity contribution in [2.75, 3.05) is 0 Å². The molecule has 5 nitrogen and oxygen atoms in total. The van der Waals surface area contributed by atoms with Gasteiger partial charge >= 0.3 is 5.97 Å². The Morgan fingerprint density at radius 1 is 1.03 bits per heavy atom. The molecule has 0 saturated heterocycles. The third-order valence-corrected chi connectivity index (χ3v) is 4.79. The number of ether oxygens (including phenoxy) is 1. The Labute approximate surface area is 182 Å². The smallest absolute Gasteiger partial charge is 0.335 e. The van der Waals surface area contributed by atoms with Crippen molar-refractivity contribution in [1.82, 2.24) is 5.32 Å². The Balaban J connectivity index is 1.75. The number of carbonyl (C=O) groups is 2. The first-order valence-corrected chi connectivity index (χ1v) is 9.62. The van der Waals surface area contributed by atoms with Crippen LogP contribution in [0.2, 0.25) is 5.02 Å². The summed E-state index contributed by atoms with van der Waals surface area (Å²) in [4.78, 5) is 23.8. The van der Waals surface area contributed by atoms with E-state index >= 15 is 0 Å². The minimum absolute atomic E-state index is 0.00861. The van der Waals surface area contributed by atoms with Crippen molar-refractivity contribution >= 4 is 23.5 Å². The van der Waals surface area contributed by atoms with Crippen LogP contribution in [0.25, 0.3) is 0 Å². The third kappa shape index (κ3) is 5.79. The maximum atomic E-state index is 13.4. The van der Waals surface area contributed by atoms with Crippen molar-refractivity contribution in [3.05, 3.63) is 99.6 Å². The SMILES string of the molecule is CC(NC(=O)c1cc(Cl)ccc1COc1cc(F)cc(F)c1)c1ccc(C(=O)O)cc1. The van der Waals surface area contributed by atoms with Crippen LogP contribution in [0.4, 0.5) is 8.78 Å². The summed E-state index contributed by atoms with van der Waals surface area (Å²) in [5, 5.41) is 12.2. The van der Waals surface area contributed by atoms with Crippen molar-refractivity contribution in [1.29, 1.82) is 0 Å². The van der Waals surface area contributed by atoms with Gasteiger partial charge in [-0.05, 0) is 36.8 Å². The second-order valence-electron chi connectivity index (χ2n) is 6.82. The van der Waals surface area contributed by atoms with Crippen LogP contribution in [0.5, 0.6) is 5.75 Å². The van der Waals surface area contributed by atoms with Crippen molar-refractivity contribution in [3.8, 4) is 5.75 Å². The van der Waals surface area contributed by atoms with Crippen LogP contribution >= 0.6 is 11.6 Å². The number of amides is 1. The Morgan fingerprint density at radius 3 is 2.29 bits per heavy atom. The lowest BCUT2D eigenvalue weighted by Gasteiger charge is -2.17. The number of aromatic carboxylic acids is 1. The third-order valence-electron chi connectivity index (χ3n) is 4.55. The zero-order valence-electron chi connectivity index (χ0n) is 16.4. The van der Waals surface area contributed by atoms with Crippen LogP contribution in [0.15, 0.2) is 60.7 Å². The highest BCUT2D eigenvalue weighted by Gasteiger charge is 2.17. The maximum absolute atomic E-state index is 13.4. The first-order chi connectivity index (χ1) is 14.7. The average Bonchev–Trinajstić information content (AvgIpc) is 2.72. The van der Waals surface area contributed by atoms with Crippen LogP contribution < -0.4 is 10.1 Å². The molecular weight excluding hydrogens is 428 g/mol. The Kier molecular flexibility index (Phi) is 6.87. The number of rotatable bonds is 7. The van der Waals surface area contributed by atoms with Gasteiger partial charge in [0.05, 0.1) is 11.6 Å². The molecule has 0 aliphatic carbocycles. The van der Waals surface area contributed by atoms with Crippen molar-refractivity contribution in [2.24, 2.45) is 0 Å². The van der Waals surface area contributed by atoms with Crippen LogP contribution in [-0.2, 0) is 6.61 Å². The van der Waals surface area contributed by atoms with Gasteiger partial charge in [0, 0.05) is 34.3 Å². The number of nitrogens with one attached hydrogen (secondary N) is 1. The van der Waals surface area contributed by atoms with Gasteiger partial charge in [0.15, 0.2) is 0 Å². The minimum atomic E-state index is -1.04. The second-order valence-corrected chi connectivity index (χ2v) is 7.25. The van der Waals surface area contributed by atoms with Gasteiger partial charge in [0.1, 0.15) is 24.0 Å². The van der Waals surface area contributed by atoms with E-state index in [1.54, 1.807) is 31.2 Å².